The maximum atomic E-state index is 12.1. The second-order valence-electron chi connectivity index (χ2n) is 7.03. The Morgan fingerprint density at radius 1 is 1.20 bits per heavy atom. The van der Waals surface area contributed by atoms with Gasteiger partial charge >= 0.3 is 0 Å². The lowest BCUT2D eigenvalue weighted by Crippen LogP contribution is -2.30. The van der Waals surface area contributed by atoms with Gasteiger partial charge in [0, 0.05) is 30.0 Å². The summed E-state index contributed by atoms with van der Waals surface area (Å²) in [6, 6.07) is 13.1. The number of hydrogen-bond acceptors (Lipinski definition) is 6. The van der Waals surface area contributed by atoms with Crippen LogP contribution in [0.3, 0.4) is 0 Å². The Kier molecular flexibility index (Phi) is 6.52. The first-order valence-corrected chi connectivity index (χ1v) is 10.9. The molecule has 8 heteroatoms. The molecule has 0 saturated heterocycles. The minimum atomic E-state index is -0.244. The molecule has 0 bridgehead atoms. The number of fused-ring (bicyclic) bond motifs is 1. The van der Waals surface area contributed by atoms with Crippen LogP contribution in [0.5, 0.6) is 11.5 Å². The van der Waals surface area contributed by atoms with E-state index in [0.717, 1.165) is 37.5 Å². The maximum absolute atomic E-state index is 12.1. The second kappa shape index (κ2) is 9.47. The summed E-state index contributed by atoms with van der Waals surface area (Å²) < 4.78 is 10.8. The van der Waals surface area contributed by atoms with Crippen LogP contribution in [0, 0.1) is 0 Å². The summed E-state index contributed by atoms with van der Waals surface area (Å²) >= 11 is 7.26. The van der Waals surface area contributed by atoms with E-state index in [-0.39, 0.29) is 12.5 Å². The van der Waals surface area contributed by atoms with Gasteiger partial charge in [0.05, 0.1) is 12.8 Å². The van der Waals surface area contributed by atoms with Gasteiger partial charge in [-0.3, -0.25) is 15.0 Å². The van der Waals surface area contributed by atoms with Gasteiger partial charge in [-0.05, 0) is 53.9 Å². The Hall–Kier alpha value is -2.61. The number of nitrogens with zero attached hydrogens (tertiary/aromatic N) is 2. The molecule has 0 spiro atoms. The number of ether oxygens (including phenoxy) is 2. The summed E-state index contributed by atoms with van der Waals surface area (Å²) in [4.78, 5) is 19.0. The summed E-state index contributed by atoms with van der Waals surface area (Å²) in [5.74, 6) is 1.26. The smallest absolute Gasteiger partial charge is 0.264 e. The van der Waals surface area contributed by atoms with E-state index in [1.54, 1.807) is 31.4 Å². The second-order valence-corrected chi connectivity index (χ2v) is 8.32. The molecule has 4 rings (SSSR count). The highest BCUT2D eigenvalue weighted by Crippen LogP contribution is 2.25. The summed E-state index contributed by atoms with van der Waals surface area (Å²) in [6.45, 7) is 2.52. The van der Waals surface area contributed by atoms with Crippen LogP contribution in [0.4, 0.5) is 5.13 Å². The van der Waals surface area contributed by atoms with Gasteiger partial charge in [0.2, 0.25) is 0 Å². The third-order valence-corrected chi connectivity index (χ3v) is 5.93. The molecule has 0 fully saturated rings. The number of carbonyl (C=O) groups is 1. The predicted molar refractivity (Wildman–Crippen MR) is 119 cm³/mol. The van der Waals surface area contributed by atoms with Crippen LogP contribution in [-0.2, 0) is 24.3 Å². The van der Waals surface area contributed by atoms with Gasteiger partial charge in [-0.25, -0.2) is 4.98 Å². The van der Waals surface area contributed by atoms with Gasteiger partial charge < -0.3 is 9.47 Å². The Bertz CT molecular complexity index is 1020. The number of methoxy groups -OCH3 is 1. The van der Waals surface area contributed by atoms with Crippen molar-refractivity contribution in [3.05, 3.63) is 69.7 Å². The number of benzene rings is 2. The Morgan fingerprint density at radius 3 is 2.80 bits per heavy atom. The van der Waals surface area contributed by atoms with E-state index in [0.29, 0.717) is 15.9 Å². The number of carbonyl (C=O) groups excluding carboxylic acids is 1. The molecule has 1 amide bonds. The lowest BCUT2D eigenvalue weighted by atomic mass is 9.99. The van der Waals surface area contributed by atoms with Crippen molar-refractivity contribution in [3.63, 3.8) is 0 Å². The molecule has 2 heterocycles. The van der Waals surface area contributed by atoms with Gasteiger partial charge in [0.15, 0.2) is 11.7 Å². The topological polar surface area (TPSA) is 63.7 Å². The van der Waals surface area contributed by atoms with Gasteiger partial charge in [-0.1, -0.05) is 17.7 Å². The number of halogens is 1. The van der Waals surface area contributed by atoms with Crippen LogP contribution in [0.25, 0.3) is 0 Å². The molecule has 0 atom stereocenters. The average molecular weight is 444 g/mol. The molecule has 2 aromatic carbocycles. The third kappa shape index (κ3) is 5.30. The SMILES string of the molecule is COc1ccc2c(c1)CCN(Cc1csc(NC(=O)COc3ccc(Cl)cc3)n1)C2. The maximum Gasteiger partial charge on any atom is 0.264 e. The van der Waals surface area contributed by atoms with E-state index in [1.807, 2.05) is 11.4 Å². The fourth-order valence-electron chi connectivity index (χ4n) is 3.35. The summed E-state index contributed by atoms with van der Waals surface area (Å²) in [5, 5.41) is 5.98. The van der Waals surface area contributed by atoms with Gasteiger partial charge in [0.25, 0.3) is 5.91 Å². The number of rotatable bonds is 7. The van der Waals surface area contributed by atoms with Crippen molar-refractivity contribution in [1.82, 2.24) is 9.88 Å². The van der Waals surface area contributed by atoms with Crippen molar-refractivity contribution in [3.8, 4) is 11.5 Å². The molecular weight excluding hydrogens is 422 g/mol. The molecule has 0 unspecified atom stereocenters. The standard InChI is InChI=1S/C22H22ClN3O3S/c1-28-20-5-2-16-11-26(9-8-15(16)10-20)12-18-14-30-22(24-18)25-21(27)13-29-19-6-3-17(23)4-7-19/h2-7,10,14H,8-9,11-13H2,1H3,(H,24,25,27). The predicted octanol–water partition coefficient (Wildman–Crippen LogP) is 4.38. The molecule has 156 valence electrons. The quantitative estimate of drug-likeness (QED) is 0.587. The number of thiazole rings is 1. The van der Waals surface area contributed by atoms with E-state index >= 15 is 0 Å². The average Bonchev–Trinajstić information content (AvgIpc) is 3.19. The first-order chi connectivity index (χ1) is 14.6. The number of anilines is 1. The fourth-order valence-corrected chi connectivity index (χ4v) is 4.19. The van der Waals surface area contributed by atoms with Crippen LogP contribution in [0.2, 0.25) is 5.02 Å². The third-order valence-electron chi connectivity index (χ3n) is 4.87. The Labute approximate surface area is 184 Å². The fraction of sp³-hybridized carbons (Fsp3) is 0.273. The van der Waals surface area contributed by atoms with E-state index < -0.39 is 0 Å². The van der Waals surface area contributed by atoms with Crippen molar-refractivity contribution in [1.29, 1.82) is 0 Å². The van der Waals surface area contributed by atoms with E-state index in [1.165, 1.54) is 22.5 Å². The number of amides is 1. The van der Waals surface area contributed by atoms with Crippen molar-refractivity contribution in [2.24, 2.45) is 0 Å². The molecule has 6 nitrogen and oxygen atoms in total. The summed E-state index contributed by atoms with van der Waals surface area (Å²) in [7, 11) is 1.69. The zero-order chi connectivity index (χ0) is 20.9. The molecule has 0 aliphatic carbocycles. The zero-order valence-corrected chi connectivity index (χ0v) is 18.1. The molecule has 1 aromatic heterocycles. The molecule has 0 saturated carbocycles. The molecule has 1 N–H and O–H groups in total. The van der Waals surface area contributed by atoms with Gasteiger partial charge in [-0.2, -0.15) is 0 Å². The lowest BCUT2D eigenvalue weighted by molar-refractivity contribution is -0.118. The van der Waals surface area contributed by atoms with Crippen molar-refractivity contribution in [2.75, 3.05) is 25.6 Å². The minimum Gasteiger partial charge on any atom is -0.497 e. The van der Waals surface area contributed by atoms with Crippen LogP contribution in [0.1, 0.15) is 16.8 Å². The number of hydrogen-bond donors (Lipinski definition) is 1. The van der Waals surface area contributed by atoms with Crippen molar-refractivity contribution in [2.45, 2.75) is 19.5 Å². The zero-order valence-electron chi connectivity index (χ0n) is 16.6. The highest BCUT2D eigenvalue weighted by Gasteiger charge is 2.18. The van der Waals surface area contributed by atoms with Gasteiger partial charge in [0.1, 0.15) is 11.5 Å². The van der Waals surface area contributed by atoms with Gasteiger partial charge in [-0.15, -0.1) is 11.3 Å². The largest absolute Gasteiger partial charge is 0.497 e. The number of nitrogens with one attached hydrogen (secondary N) is 1. The lowest BCUT2D eigenvalue weighted by Gasteiger charge is -2.28. The van der Waals surface area contributed by atoms with Crippen LogP contribution in [-0.4, -0.2) is 36.1 Å². The van der Waals surface area contributed by atoms with Crippen molar-refractivity contribution >= 4 is 34.0 Å². The van der Waals surface area contributed by atoms with Crippen molar-refractivity contribution < 1.29 is 14.3 Å². The molecular formula is C22H22ClN3O3S. The minimum absolute atomic E-state index is 0.0804. The number of aromatic nitrogens is 1. The Balaban J connectivity index is 1.27. The van der Waals surface area contributed by atoms with E-state index in [9.17, 15) is 4.79 Å². The highest BCUT2D eigenvalue weighted by atomic mass is 35.5. The van der Waals surface area contributed by atoms with E-state index in [4.69, 9.17) is 21.1 Å². The van der Waals surface area contributed by atoms with Crippen LogP contribution in [0.15, 0.2) is 47.8 Å². The molecule has 0 radical (unpaired) electrons. The molecule has 1 aliphatic heterocycles. The molecule has 3 aromatic rings. The molecule has 30 heavy (non-hydrogen) atoms. The first kappa shape index (κ1) is 20.7. The summed E-state index contributed by atoms with van der Waals surface area (Å²) in [6.07, 6.45) is 0.988. The normalized spacial score (nSPS) is 13.5. The monoisotopic (exact) mass is 443 g/mol. The van der Waals surface area contributed by atoms with E-state index in [2.05, 4.69) is 27.3 Å². The van der Waals surface area contributed by atoms with Crippen LogP contribution < -0.4 is 14.8 Å². The highest BCUT2D eigenvalue weighted by molar-refractivity contribution is 7.13. The molecule has 1 aliphatic rings. The summed E-state index contributed by atoms with van der Waals surface area (Å²) in [5.41, 5.74) is 3.62. The Morgan fingerprint density at radius 2 is 2.00 bits per heavy atom. The first-order valence-electron chi connectivity index (χ1n) is 9.60. The van der Waals surface area contributed by atoms with Crippen LogP contribution >= 0.6 is 22.9 Å².